The van der Waals surface area contributed by atoms with Gasteiger partial charge in [0, 0.05) is 32.8 Å². The van der Waals surface area contributed by atoms with Gasteiger partial charge in [-0.2, -0.15) is 10.1 Å². The molecule has 0 aliphatic carbocycles. The van der Waals surface area contributed by atoms with E-state index in [0.29, 0.717) is 5.56 Å². The molecule has 0 radical (unpaired) electrons. The molecule has 2 aromatic heterocycles. The first-order valence-electron chi connectivity index (χ1n) is 11.9. The zero-order chi connectivity index (χ0) is 27.8. The molecule has 5 rings (SSSR count). The highest BCUT2D eigenvalue weighted by atomic mass is 16.6. The molecule has 0 bridgehead atoms. The van der Waals surface area contributed by atoms with Crippen LogP contribution in [0.2, 0.25) is 0 Å². The van der Waals surface area contributed by atoms with Gasteiger partial charge in [0.2, 0.25) is 5.95 Å². The number of imidazole rings is 1. The summed E-state index contributed by atoms with van der Waals surface area (Å²) >= 11 is 0. The Morgan fingerprint density at radius 2 is 1.77 bits per heavy atom. The van der Waals surface area contributed by atoms with Gasteiger partial charge in [-0.15, -0.1) is 0 Å². The van der Waals surface area contributed by atoms with Crippen molar-refractivity contribution in [3.8, 4) is 5.75 Å². The molecule has 39 heavy (non-hydrogen) atoms. The second-order valence-corrected chi connectivity index (χ2v) is 8.98. The van der Waals surface area contributed by atoms with Crippen molar-refractivity contribution in [2.75, 3.05) is 12.1 Å². The molecule has 0 aliphatic heterocycles. The summed E-state index contributed by atoms with van der Waals surface area (Å²) in [4.78, 5) is 41.2. The number of rotatable bonds is 7. The van der Waals surface area contributed by atoms with E-state index in [9.17, 15) is 19.7 Å². The van der Waals surface area contributed by atoms with Gasteiger partial charge in [0.1, 0.15) is 0 Å². The second kappa shape index (κ2) is 9.89. The van der Waals surface area contributed by atoms with Crippen LogP contribution in [0.4, 0.5) is 11.6 Å². The number of fused-ring (bicyclic) bond motifs is 2. The first-order chi connectivity index (χ1) is 18.7. The Bertz CT molecular complexity index is 1900. The van der Waals surface area contributed by atoms with Crippen molar-refractivity contribution in [3.63, 3.8) is 0 Å². The van der Waals surface area contributed by atoms with E-state index in [2.05, 4.69) is 4.98 Å². The molecular weight excluding hydrogens is 502 g/mol. The monoisotopic (exact) mass is 527 g/mol. The predicted octanol–water partition coefficient (Wildman–Crippen LogP) is 3.08. The Balaban J connectivity index is 1.68. The van der Waals surface area contributed by atoms with Crippen LogP contribution in [0.15, 0.2) is 75.4 Å². The number of hydrogen-bond acceptors (Lipinski definition) is 8. The average Bonchev–Trinajstić information content (AvgIpc) is 3.29. The molecule has 0 spiro atoms. The number of aryl methyl sites for hydroxylation is 2. The second-order valence-electron chi connectivity index (χ2n) is 8.98. The standard InChI is InChI=1S/C27H25N7O5/c1-30-23-24(31(2)27(36)32(3)25(23)35)29-26(30)33(16-17-12-13-22(39-4)21(14-17)34(37)38)28-15-19-10-7-9-18-8-5-6-11-20(18)19/h5-15H,16H2,1-4H3/b28-15+. The minimum absolute atomic E-state index is 0.0809. The molecule has 0 saturated heterocycles. The molecular formula is C27H25N7O5. The summed E-state index contributed by atoms with van der Waals surface area (Å²) in [6, 6.07) is 18.4. The maximum atomic E-state index is 13.0. The van der Waals surface area contributed by atoms with Gasteiger partial charge in [0.15, 0.2) is 16.9 Å². The molecule has 5 aromatic rings. The van der Waals surface area contributed by atoms with Crippen molar-refractivity contribution >= 4 is 39.8 Å². The van der Waals surface area contributed by atoms with Crippen molar-refractivity contribution in [3.05, 3.63) is 103 Å². The summed E-state index contributed by atoms with van der Waals surface area (Å²) in [5.41, 5.74) is 0.648. The highest BCUT2D eigenvalue weighted by Gasteiger charge is 2.22. The van der Waals surface area contributed by atoms with Crippen LogP contribution in [0.3, 0.4) is 0 Å². The number of methoxy groups -OCH3 is 1. The Morgan fingerprint density at radius 1 is 1.03 bits per heavy atom. The lowest BCUT2D eigenvalue weighted by atomic mass is 10.1. The van der Waals surface area contributed by atoms with Crippen LogP contribution in [0.1, 0.15) is 11.1 Å². The van der Waals surface area contributed by atoms with Crippen molar-refractivity contribution in [2.24, 2.45) is 26.2 Å². The first kappa shape index (κ1) is 25.4. The molecule has 198 valence electrons. The summed E-state index contributed by atoms with van der Waals surface area (Å²) in [7, 11) is 5.97. The van der Waals surface area contributed by atoms with Crippen LogP contribution >= 0.6 is 0 Å². The van der Waals surface area contributed by atoms with E-state index in [1.807, 2.05) is 42.5 Å². The van der Waals surface area contributed by atoms with Gasteiger partial charge in [-0.25, -0.2) is 9.80 Å². The summed E-state index contributed by atoms with van der Waals surface area (Å²) in [6.45, 7) is 0.0809. The summed E-state index contributed by atoms with van der Waals surface area (Å²) < 4.78 is 9.01. The van der Waals surface area contributed by atoms with E-state index < -0.39 is 16.2 Å². The number of anilines is 1. The van der Waals surface area contributed by atoms with E-state index in [0.717, 1.165) is 20.9 Å². The third kappa shape index (κ3) is 4.41. The van der Waals surface area contributed by atoms with E-state index in [4.69, 9.17) is 9.84 Å². The van der Waals surface area contributed by atoms with Crippen LogP contribution in [0.25, 0.3) is 21.9 Å². The lowest BCUT2D eigenvalue weighted by molar-refractivity contribution is -0.385. The number of ether oxygens (including phenoxy) is 1. The number of nitrogens with zero attached hydrogens (tertiary/aromatic N) is 7. The maximum Gasteiger partial charge on any atom is 0.332 e. The highest BCUT2D eigenvalue weighted by Crippen LogP contribution is 2.29. The number of aromatic nitrogens is 4. The fraction of sp³-hybridized carbons (Fsp3) is 0.185. The molecule has 0 saturated carbocycles. The number of hydrazone groups is 1. The Morgan fingerprint density at radius 3 is 2.51 bits per heavy atom. The van der Waals surface area contributed by atoms with Gasteiger partial charge < -0.3 is 9.30 Å². The van der Waals surface area contributed by atoms with E-state index in [-0.39, 0.29) is 35.1 Å². The number of hydrogen-bond donors (Lipinski definition) is 0. The average molecular weight is 528 g/mol. The Hall–Kier alpha value is -5.26. The zero-order valence-corrected chi connectivity index (χ0v) is 21.7. The van der Waals surface area contributed by atoms with Gasteiger partial charge >= 0.3 is 11.4 Å². The number of nitro benzene ring substituents is 1. The topological polar surface area (TPSA) is 130 Å². The summed E-state index contributed by atoms with van der Waals surface area (Å²) in [5, 5.41) is 19.9. The van der Waals surface area contributed by atoms with Crippen LogP contribution in [-0.2, 0) is 27.7 Å². The smallest absolute Gasteiger partial charge is 0.332 e. The normalized spacial score (nSPS) is 11.5. The number of nitro groups is 1. The van der Waals surface area contributed by atoms with Gasteiger partial charge in [-0.05, 0) is 22.4 Å². The van der Waals surface area contributed by atoms with Gasteiger partial charge in [0.05, 0.1) is 24.8 Å². The molecule has 0 fully saturated rings. The fourth-order valence-electron chi connectivity index (χ4n) is 4.55. The van der Waals surface area contributed by atoms with Crippen LogP contribution in [-0.4, -0.2) is 36.9 Å². The van der Waals surface area contributed by atoms with Crippen molar-refractivity contribution in [2.45, 2.75) is 6.54 Å². The lowest BCUT2D eigenvalue weighted by Crippen LogP contribution is -2.37. The van der Waals surface area contributed by atoms with Crippen molar-refractivity contribution in [1.29, 1.82) is 0 Å². The quantitative estimate of drug-likeness (QED) is 0.181. The fourth-order valence-corrected chi connectivity index (χ4v) is 4.55. The Labute approximate surface area is 221 Å². The molecule has 2 heterocycles. The summed E-state index contributed by atoms with van der Waals surface area (Å²) in [5.74, 6) is 0.411. The minimum atomic E-state index is -0.513. The van der Waals surface area contributed by atoms with Crippen molar-refractivity contribution in [1.82, 2.24) is 18.7 Å². The van der Waals surface area contributed by atoms with Gasteiger partial charge in [-0.3, -0.25) is 24.0 Å². The van der Waals surface area contributed by atoms with Gasteiger partial charge in [-0.1, -0.05) is 48.5 Å². The number of benzene rings is 3. The van der Waals surface area contributed by atoms with Crippen LogP contribution in [0, 0.1) is 10.1 Å². The van der Waals surface area contributed by atoms with Gasteiger partial charge in [0.25, 0.3) is 5.56 Å². The first-order valence-corrected chi connectivity index (χ1v) is 11.9. The SMILES string of the molecule is COc1ccc(CN(/N=C/c2cccc3ccccc23)c2nc3c(c(=O)n(C)c(=O)n3C)n2C)cc1[N+](=O)[O-]. The third-order valence-corrected chi connectivity index (χ3v) is 6.61. The maximum absolute atomic E-state index is 13.0. The third-order valence-electron chi connectivity index (χ3n) is 6.61. The van der Waals surface area contributed by atoms with Crippen LogP contribution in [0.5, 0.6) is 5.75 Å². The summed E-state index contributed by atoms with van der Waals surface area (Å²) in [6.07, 6.45) is 1.68. The molecule has 0 amide bonds. The molecule has 0 unspecified atom stereocenters. The minimum Gasteiger partial charge on any atom is -0.490 e. The Kier molecular flexibility index (Phi) is 6.44. The zero-order valence-electron chi connectivity index (χ0n) is 21.7. The largest absolute Gasteiger partial charge is 0.490 e. The molecule has 0 aliphatic rings. The van der Waals surface area contributed by atoms with E-state index in [1.165, 1.54) is 42.9 Å². The van der Waals surface area contributed by atoms with Crippen LogP contribution < -0.4 is 21.0 Å². The molecule has 0 N–H and O–H groups in total. The molecule has 12 nitrogen and oxygen atoms in total. The molecule has 0 atom stereocenters. The van der Waals surface area contributed by atoms with Crippen molar-refractivity contribution < 1.29 is 9.66 Å². The van der Waals surface area contributed by atoms with E-state index >= 15 is 0 Å². The highest BCUT2D eigenvalue weighted by molar-refractivity contribution is 5.99. The molecule has 3 aromatic carbocycles. The van der Waals surface area contributed by atoms with E-state index in [1.54, 1.807) is 23.9 Å². The lowest BCUT2D eigenvalue weighted by Gasteiger charge is -2.18. The predicted molar refractivity (Wildman–Crippen MR) is 149 cm³/mol. The molecule has 12 heteroatoms.